The van der Waals surface area contributed by atoms with Gasteiger partial charge in [0, 0.05) is 23.2 Å². The van der Waals surface area contributed by atoms with Crippen molar-refractivity contribution in [1.82, 2.24) is 14.9 Å². The zero-order chi connectivity index (χ0) is 21.6. The van der Waals surface area contributed by atoms with E-state index in [1.54, 1.807) is 55.6 Å². The van der Waals surface area contributed by atoms with E-state index in [-0.39, 0.29) is 22.6 Å². The Bertz CT molecular complexity index is 1120. The molecule has 1 aromatic heterocycles. The number of hydrogen-bond acceptors (Lipinski definition) is 8. The van der Waals surface area contributed by atoms with Crippen molar-refractivity contribution in [3.8, 4) is 11.5 Å². The molecule has 1 amide bonds. The van der Waals surface area contributed by atoms with E-state index in [2.05, 4.69) is 20.2 Å². The van der Waals surface area contributed by atoms with Gasteiger partial charge in [0.15, 0.2) is 0 Å². The van der Waals surface area contributed by atoms with E-state index in [1.165, 1.54) is 0 Å². The largest absolute Gasteiger partial charge is 0.497 e. The maximum Gasteiger partial charge on any atom is 0.269 e. The lowest BCUT2D eigenvalue weighted by molar-refractivity contribution is 0.102. The molecule has 2 aromatic carbocycles. The number of nitrogens with one attached hydrogen (secondary N) is 2. The summed E-state index contributed by atoms with van der Waals surface area (Å²) in [4.78, 5) is 12.2. The number of rotatable bonds is 9. The zero-order valence-electron chi connectivity index (χ0n) is 15.7. The van der Waals surface area contributed by atoms with Crippen LogP contribution < -0.4 is 19.5 Å². The first-order valence-corrected chi connectivity index (χ1v) is 11.2. The second-order valence-electron chi connectivity index (χ2n) is 5.76. The Kier molecular flexibility index (Phi) is 7.21. The molecule has 30 heavy (non-hydrogen) atoms. The molecule has 158 valence electrons. The van der Waals surface area contributed by atoms with Crippen LogP contribution in [-0.2, 0) is 10.0 Å². The third kappa shape index (κ3) is 5.89. The summed E-state index contributed by atoms with van der Waals surface area (Å²) in [5, 5.41) is 10.4. The van der Waals surface area contributed by atoms with E-state index < -0.39 is 15.9 Å². The third-order valence-electron chi connectivity index (χ3n) is 3.67. The Morgan fingerprint density at radius 1 is 1.13 bits per heavy atom. The second kappa shape index (κ2) is 9.85. The molecule has 0 saturated carbocycles. The number of carbonyl (C=O) groups excluding carboxylic acids is 1. The van der Waals surface area contributed by atoms with Crippen LogP contribution in [0.5, 0.6) is 11.5 Å². The Morgan fingerprint density at radius 2 is 1.87 bits per heavy atom. The average molecular weight is 469 g/mol. The molecule has 0 unspecified atom stereocenters. The van der Waals surface area contributed by atoms with Crippen molar-refractivity contribution >= 4 is 44.0 Å². The van der Waals surface area contributed by atoms with Crippen LogP contribution in [-0.4, -0.2) is 44.8 Å². The molecule has 0 atom stereocenters. The predicted molar refractivity (Wildman–Crippen MR) is 113 cm³/mol. The molecular weight excluding hydrogens is 452 g/mol. The minimum Gasteiger partial charge on any atom is -0.497 e. The molecule has 0 aliphatic carbocycles. The fourth-order valence-electron chi connectivity index (χ4n) is 2.24. The maximum absolute atomic E-state index is 12.3. The standard InChI is InChI=1S/C18H17ClN4O5S2/c1-27-14-3-2-4-15(11-14)28-10-9-20-30(25,26)18-23-22-17(29-18)21-16(24)12-5-7-13(19)8-6-12/h2-8,11,20H,9-10H2,1H3,(H,21,22,24). The molecule has 9 nitrogen and oxygen atoms in total. The Labute approximate surface area is 182 Å². The van der Waals surface area contributed by atoms with E-state index in [4.69, 9.17) is 21.1 Å². The molecule has 12 heteroatoms. The molecule has 2 N–H and O–H groups in total. The highest BCUT2D eigenvalue weighted by Crippen LogP contribution is 2.21. The summed E-state index contributed by atoms with van der Waals surface area (Å²) >= 11 is 6.53. The van der Waals surface area contributed by atoms with Crippen LogP contribution in [0.4, 0.5) is 5.13 Å². The van der Waals surface area contributed by atoms with Gasteiger partial charge in [-0.2, -0.15) is 0 Å². The highest BCUT2D eigenvalue weighted by molar-refractivity contribution is 7.91. The Morgan fingerprint density at radius 3 is 2.60 bits per heavy atom. The van der Waals surface area contributed by atoms with Crippen LogP contribution in [0.3, 0.4) is 0 Å². The molecule has 3 rings (SSSR count). The predicted octanol–water partition coefficient (Wildman–Crippen LogP) is 2.81. The van der Waals surface area contributed by atoms with Gasteiger partial charge in [-0.3, -0.25) is 10.1 Å². The number of benzene rings is 2. The van der Waals surface area contributed by atoms with Gasteiger partial charge in [0.1, 0.15) is 18.1 Å². The normalized spacial score (nSPS) is 11.1. The van der Waals surface area contributed by atoms with Gasteiger partial charge in [-0.25, -0.2) is 13.1 Å². The highest BCUT2D eigenvalue weighted by Gasteiger charge is 2.21. The average Bonchev–Trinajstić information content (AvgIpc) is 3.21. The van der Waals surface area contributed by atoms with Crippen LogP contribution in [0.15, 0.2) is 52.9 Å². The molecule has 0 bridgehead atoms. The molecule has 0 aliphatic heterocycles. The summed E-state index contributed by atoms with van der Waals surface area (Å²) in [5.74, 6) is 0.734. The topological polar surface area (TPSA) is 120 Å². The van der Waals surface area contributed by atoms with Gasteiger partial charge in [-0.15, -0.1) is 10.2 Å². The van der Waals surface area contributed by atoms with Crippen molar-refractivity contribution in [3.63, 3.8) is 0 Å². The fraction of sp³-hybridized carbons (Fsp3) is 0.167. The summed E-state index contributed by atoms with van der Waals surface area (Å²) < 4.78 is 37.4. The summed E-state index contributed by atoms with van der Waals surface area (Å²) in [5.41, 5.74) is 0.354. The van der Waals surface area contributed by atoms with Gasteiger partial charge >= 0.3 is 0 Å². The van der Waals surface area contributed by atoms with Crippen molar-refractivity contribution in [3.05, 3.63) is 59.1 Å². The number of amides is 1. The minimum absolute atomic E-state index is 0.0194. The first-order valence-electron chi connectivity index (χ1n) is 8.54. The van der Waals surface area contributed by atoms with E-state index in [1.807, 2.05) is 0 Å². The van der Waals surface area contributed by atoms with E-state index >= 15 is 0 Å². The SMILES string of the molecule is COc1cccc(OCCNS(=O)(=O)c2nnc(NC(=O)c3ccc(Cl)cc3)s2)c1. The third-order valence-corrected chi connectivity index (χ3v) is 6.59. The Balaban J connectivity index is 1.53. The summed E-state index contributed by atoms with van der Waals surface area (Å²) in [7, 11) is -2.35. The van der Waals surface area contributed by atoms with Gasteiger partial charge in [-0.05, 0) is 36.4 Å². The fourth-order valence-corrected chi connectivity index (χ4v) is 4.31. The Hall–Kier alpha value is -2.73. The molecular formula is C18H17ClN4O5S2. The lowest BCUT2D eigenvalue weighted by Gasteiger charge is -2.08. The number of hydrogen-bond donors (Lipinski definition) is 2. The van der Waals surface area contributed by atoms with Gasteiger partial charge in [0.2, 0.25) is 9.47 Å². The summed E-state index contributed by atoms with van der Waals surface area (Å²) in [6, 6.07) is 13.2. The minimum atomic E-state index is -3.89. The van der Waals surface area contributed by atoms with Gasteiger partial charge in [0.05, 0.1) is 7.11 Å². The van der Waals surface area contributed by atoms with E-state index in [0.717, 1.165) is 11.3 Å². The molecule has 0 radical (unpaired) electrons. The van der Waals surface area contributed by atoms with Crippen molar-refractivity contribution in [2.75, 3.05) is 25.6 Å². The van der Waals surface area contributed by atoms with E-state index in [9.17, 15) is 13.2 Å². The van der Waals surface area contributed by atoms with Crippen molar-refractivity contribution in [2.45, 2.75) is 4.34 Å². The number of aromatic nitrogens is 2. The monoisotopic (exact) mass is 468 g/mol. The van der Waals surface area contributed by atoms with Crippen molar-refractivity contribution in [2.24, 2.45) is 0 Å². The first kappa shape index (κ1) is 22.0. The number of methoxy groups -OCH3 is 1. The molecule has 3 aromatic rings. The van der Waals surface area contributed by atoms with Crippen molar-refractivity contribution < 1.29 is 22.7 Å². The molecule has 0 saturated heterocycles. The number of sulfonamides is 1. The van der Waals surface area contributed by atoms with E-state index in [0.29, 0.717) is 22.1 Å². The number of carbonyl (C=O) groups is 1. The van der Waals surface area contributed by atoms with Crippen LogP contribution in [0.25, 0.3) is 0 Å². The van der Waals surface area contributed by atoms with Gasteiger partial charge in [0.25, 0.3) is 15.9 Å². The van der Waals surface area contributed by atoms with Crippen LogP contribution in [0.2, 0.25) is 5.02 Å². The maximum atomic E-state index is 12.3. The second-order valence-corrected chi connectivity index (χ2v) is 9.11. The molecule has 0 fully saturated rings. The van der Waals surface area contributed by atoms with Gasteiger partial charge < -0.3 is 9.47 Å². The molecule has 1 heterocycles. The van der Waals surface area contributed by atoms with Crippen LogP contribution >= 0.6 is 22.9 Å². The zero-order valence-corrected chi connectivity index (χ0v) is 18.1. The summed E-state index contributed by atoms with van der Waals surface area (Å²) in [6.45, 7) is 0.122. The lowest BCUT2D eigenvalue weighted by atomic mass is 10.2. The quantitative estimate of drug-likeness (QED) is 0.366. The summed E-state index contributed by atoms with van der Waals surface area (Å²) in [6.07, 6.45) is 0. The van der Waals surface area contributed by atoms with Gasteiger partial charge in [-0.1, -0.05) is 29.0 Å². The first-order chi connectivity index (χ1) is 14.4. The number of halogens is 1. The van der Waals surface area contributed by atoms with Crippen molar-refractivity contribution in [1.29, 1.82) is 0 Å². The number of ether oxygens (including phenoxy) is 2. The molecule has 0 aliphatic rings. The highest BCUT2D eigenvalue weighted by atomic mass is 35.5. The van der Waals surface area contributed by atoms with Crippen LogP contribution in [0, 0.1) is 0 Å². The van der Waals surface area contributed by atoms with Crippen LogP contribution in [0.1, 0.15) is 10.4 Å². The molecule has 0 spiro atoms. The number of anilines is 1. The number of nitrogens with zero attached hydrogens (tertiary/aromatic N) is 2. The smallest absolute Gasteiger partial charge is 0.269 e. The lowest BCUT2D eigenvalue weighted by Crippen LogP contribution is -2.28.